The minimum Gasteiger partial charge on any atom is -0.484 e. The lowest BCUT2D eigenvalue weighted by Crippen LogP contribution is -2.25. The Balaban J connectivity index is 2.59. The van der Waals surface area contributed by atoms with Crippen molar-refractivity contribution in [1.82, 2.24) is 9.62 Å². The molecule has 106 valence electrons. The van der Waals surface area contributed by atoms with Gasteiger partial charge in [0.2, 0.25) is 10.0 Å². The average molecular weight is 286 g/mol. The van der Waals surface area contributed by atoms with E-state index in [4.69, 9.17) is 4.74 Å². The van der Waals surface area contributed by atoms with Crippen molar-refractivity contribution in [1.29, 1.82) is 0 Å². The quantitative estimate of drug-likeness (QED) is 0.810. The van der Waals surface area contributed by atoms with Crippen molar-refractivity contribution in [2.75, 3.05) is 27.0 Å². The Morgan fingerprint density at radius 1 is 1.32 bits per heavy atom. The molecule has 0 saturated heterocycles. The van der Waals surface area contributed by atoms with Crippen molar-refractivity contribution < 1.29 is 17.9 Å². The fourth-order valence-electron chi connectivity index (χ4n) is 1.29. The molecule has 0 unspecified atom stereocenters. The first-order valence-electron chi connectivity index (χ1n) is 5.66. The minimum atomic E-state index is -3.19. The van der Waals surface area contributed by atoms with E-state index >= 15 is 0 Å². The van der Waals surface area contributed by atoms with Crippen molar-refractivity contribution in [3.63, 3.8) is 0 Å². The molecule has 0 saturated carbocycles. The first-order chi connectivity index (χ1) is 8.82. The highest BCUT2D eigenvalue weighted by Crippen LogP contribution is 2.14. The number of nitrogens with one attached hydrogen (secondary N) is 1. The van der Waals surface area contributed by atoms with Gasteiger partial charge in [-0.1, -0.05) is 12.1 Å². The minimum absolute atomic E-state index is 0.0426. The summed E-state index contributed by atoms with van der Waals surface area (Å²) in [6, 6.07) is 6.94. The van der Waals surface area contributed by atoms with Gasteiger partial charge in [0, 0.05) is 20.6 Å². The van der Waals surface area contributed by atoms with Gasteiger partial charge in [-0.05, 0) is 17.7 Å². The second-order valence-corrected chi connectivity index (χ2v) is 6.21. The number of carbonyl (C=O) groups is 1. The fourth-order valence-corrected chi connectivity index (χ4v) is 1.67. The van der Waals surface area contributed by atoms with E-state index in [0.717, 1.165) is 11.8 Å². The van der Waals surface area contributed by atoms with E-state index in [1.54, 1.807) is 24.3 Å². The van der Waals surface area contributed by atoms with E-state index in [9.17, 15) is 13.2 Å². The lowest BCUT2D eigenvalue weighted by molar-refractivity contribution is -0.122. The summed E-state index contributed by atoms with van der Waals surface area (Å²) < 4.78 is 29.0. The molecule has 1 aromatic rings. The van der Waals surface area contributed by atoms with Gasteiger partial charge >= 0.3 is 0 Å². The monoisotopic (exact) mass is 286 g/mol. The van der Waals surface area contributed by atoms with E-state index in [1.165, 1.54) is 18.4 Å². The highest BCUT2D eigenvalue weighted by molar-refractivity contribution is 7.88. The van der Waals surface area contributed by atoms with Crippen LogP contribution in [0.2, 0.25) is 0 Å². The number of ether oxygens (including phenoxy) is 1. The summed E-state index contributed by atoms with van der Waals surface area (Å²) in [4.78, 5) is 11.0. The van der Waals surface area contributed by atoms with Gasteiger partial charge in [0.15, 0.2) is 6.61 Å². The number of hydrogen-bond acceptors (Lipinski definition) is 4. The Bertz CT molecular complexity index is 525. The van der Waals surface area contributed by atoms with Crippen molar-refractivity contribution in [2.24, 2.45) is 0 Å². The highest BCUT2D eigenvalue weighted by atomic mass is 32.2. The second-order valence-electron chi connectivity index (χ2n) is 4.12. The number of rotatable bonds is 6. The number of hydrogen-bond donors (Lipinski definition) is 1. The standard InChI is InChI=1S/C12H18N2O4S/c1-13-12(15)9-18-11-6-4-10(5-7-11)8-14(2)19(3,16)17/h4-7H,8-9H2,1-3H3,(H,13,15). The summed E-state index contributed by atoms with van der Waals surface area (Å²) in [7, 11) is -0.130. The van der Waals surface area contributed by atoms with Gasteiger partial charge in [-0.25, -0.2) is 12.7 Å². The summed E-state index contributed by atoms with van der Waals surface area (Å²) in [6.45, 7) is 0.258. The van der Waals surface area contributed by atoms with Gasteiger partial charge in [0.1, 0.15) is 5.75 Å². The largest absolute Gasteiger partial charge is 0.484 e. The van der Waals surface area contributed by atoms with Crippen molar-refractivity contribution in [3.8, 4) is 5.75 Å². The van der Waals surface area contributed by atoms with Crippen LogP contribution in [0.15, 0.2) is 24.3 Å². The zero-order valence-corrected chi connectivity index (χ0v) is 12.0. The first kappa shape index (κ1) is 15.5. The summed E-state index contributed by atoms with van der Waals surface area (Å²) in [5.41, 5.74) is 0.847. The number of benzene rings is 1. The maximum absolute atomic E-state index is 11.3. The number of nitrogens with zero attached hydrogens (tertiary/aromatic N) is 1. The molecule has 0 radical (unpaired) electrons. The van der Waals surface area contributed by atoms with E-state index in [-0.39, 0.29) is 12.5 Å². The van der Waals surface area contributed by atoms with Crippen LogP contribution in [0.5, 0.6) is 5.75 Å². The molecule has 0 fully saturated rings. The van der Waals surface area contributed by atoms with Crippen molar-refractivity contribution in [2.45, 2.75) is 6.54 Å². The van der Waals surface area contributed by atoms with Crippen LogP contribution in [-0.2, 0) is 21.4 Å². The van der Waals surface area contributed by atoms with Crippen LogP contribution in [0.1, 0.15) is 5.56 Å². The third-order valence-electron chi connectivity index (χ3n) is 2.54. The molecule has 0 aliphatic heterocycles. The number of likely N-dealkylation sites (N-methyl/N-ethyl adjacent to an activating group) is 1. The molecule has 1 rings (SSSR count). The van der Waals surface area contributed by atoms with Crippen LogP contribution in [0.25, 0.3) is 0 Å². The fraction of sp³-hybridized carbons (Fsp3) is 0.417. The Morgan fingerprint density at radius 3 is 2.37 bits per heavy atom. The van der Waals surface area contributed by atoms with E-state index in [0.29, 0.717) is 12.3 Å². The number of amides is 1. The molecule has 0 spiro atoms. The molecule has 0 aromatic heterocycles. The first-order valence-corrected chi connectivity index (χ1v) is 7.51. The van der Waals surface area contributed by atoms with Crippen LogP contribution in [0, 0.1) is 0 Å². The van der Waals surface area contributed by atoms with E-state index in [2.05, 4.69) is 5.32 Å². The lowest BCUT2D eigenvalue weighted by Gasteiger charge is -2.14. The molecule has 0 heterocycles. The zero-order valence-electron chi connectivity index (χ0n) is 11.2. The SMILES string of the molecule is CNC(=O)COc1ccc(CN(C)S(C)(=O)=O)cc1. The Kier molecular flexibility index (Phi) is 5.31. The van der Waals surface area contributed by atoms with Gasteiger partial charge < -0.3 is 10.1 Å². The summed E-state index contributed by atoms with van der Waals surface area (Å²) >= 11 is 0. The Morgan fingerprint density at radius 2 is 1.89 bits per heavy atom. The predicted molar refractivity (Wildman–Crippen MR) is 72.3 cm³/mol. The molecular formula is C12H18N2O4S. The van der Waals surface area contributed by atoms with Gasteiger partial charge in [-0.2, -0.15) is 0 Å². The smallest absolute Gasteiger partial charge is 0.257 e. The average Bonchev–Trinajstić information content (AvgIpc) is 2.36. The van der Waals surface area contributed by atoms with Gasteiger partial charge in [0.25, 0.3) is 5.91 Å². The Hall–Kier alpha value is -1.60. The number of carbonyl (C=O) groups excluding carboxylic acids is 1. The van der Waals surface area contributed by atoms with Crippen LogP contribution >= 0.6 is 0 Å². The third-order valence-corrected chi connectivity index (χ3v) is 3.80. The molecule has 1 N–H and O–H groups in total. The Labute approximate surface area is 113 Å². The second kappa shape index (κ2) is 6.53. The predicted octanol–water partition coefficient (Wildman–Crippen LogP) is 0.203. The molecule has 1 amide bonds. The molecule has 1 aromatic carbocycles. The maximum atomic E-state index is 11.3. The number of sulfonamides is 1. The van der Waals surface area contributed by atoms with Gasteiger partial charge in [-0.3, -0.25) is 4.79 Å². The zero-order chi connectivity index (χ0) is 14.5. The molecule has 0 bridgehead atoms. The lowest BCUT2D eigenvalue weighted by atomic mass is 10.2. The van der Waals surface area contributed by atoms with Gasteiger partial charge in [-0.15, -0.1) is 0 Å². The summed E-state index contributed by atoms with van der Waals surface area (Å²) in [6.07, 6.45) is 1.16. The summed E-state index contributed by atoms with van der Waals surface area (Å²) in [5.74, 6) is 0.357. The topological polar surface area (TPSA) is 75.7 Å². The highest BCUT2D eigenvalue weighted by Gasteiger charge is 2.11. The molecular weight excluding hydrogens is 268 g/mol. The van der Waals surface area contributed by atoms with Crippen LogP contribution < -0.4 is 10.1 Å². The van der Waals surface area contributed by atoms with Crippen molar-refractivity contribution >= 4 is 15.9 Å². The van der Waals surface area contributed by atoms with Crippen molar-refractivity contribution in [3.05, 3.63) is 29.8 Å². The van der Waals surface area contributed by atoms with Crippen LogP contribution in [0.4, 0.5) is 0 Å². The summed E-state index contributed by atoms with van der Waals surface area (Å²) in [5, 5.41) is 2.45. The third kappa shape index (κ3) is 5.27. The molecule has 7 heteroatoms. The molecule has 0 atom stereocenters. The normalized spacial score (nSPS) is 11.4. The van der Waals surface area contributed by atoms with E-state index < -0.39 is 10.0 Å². The molecule has 0 aliphatic rings. The van der Waals surface area contributed by atoms with E-state index in [1.807, 2.05) is 0 Å². The van der Waals surface area contributed by atoms with Gasteiger partial charge in [0.05, 0.1) is 6.26 Å². The molecule has 6 nitrogen and oxygen atoms in total. The molecule has 0 aliphatic carbocycles. The van der Waals surface area contributed by atoms with Crippen LogP contribution in [-0.4, -0.2) is 45.6 Å². The maximum Gasteiger partial charge on any atom is 0.257 e. The molecule has 19 heavy (non-hydrogen) atoms. The van der Waals surface area contributed by atoms with Crippen LogP contribution in [0.3, 0.4) is 0 Å².